The lowest BCUT2D eigenvalue weighted by atomic mass is 9.88. The first kappa shape index (κ1) is 14.0. The molecule has 0 amide bonds. The first-order chi connectivity index (χ1) is 9.44. The Kier molecular flexibility index (Phi) is 3.35. The van der Waals surface area contributed by atoms with Crippen LogP contribution in [0.2, 0.25) is 0 Å². The molecule has 10 heteroatoms. The Bertz CT molecular complexity index is 445. The SMILES string of the molecule is O=C1OC2C3CC(CC13)C2OC(=O)C(F)(F)SOO[O-]. The van der Waals surface area contributed by atoms with Crippen molar-refractivity contribution in [2.24, 2.45) is 17.8 Å². The number of halogens is 2. The van der Waals surface area contributed by atoms with Gasteiger partial charge in [-0.05, 0) is 12.8 Å². The Morgan fingerprint density at radius 3 is 2.90 bits per heavy atom. The molecule has 7 nitrogen and oxygen atoms in total. The molecule has 5 unspecified atom stereocenters. The van der Waals surface area contributed by atoms with Gasteiger partial charge in [0.05, 0.1) is 5.92 Å². The molecule has 0 aromatic heterocycles. The van der Waals surface area contributed by atoms with E-state index in [2.05, 4.69) is 9.37 Å². The molecular weight excluding hydrogens is 302 g/mol. The monoisotopic (exact) mass is 311 g/mol. The third-order valence-corrected chi connectivity index (χ3v) is 4.56. The lowest BCUT2D eigenvalue weighted by Crippen LogP contribution is -2.40. The van der Waals surface area contributed by atoms with Crippen molar-refractivity contribution in [2.75, 3.05) is 0 Å². The van der Waals surface area contributed by atoms with Crippen molar-refractivity contribution in [3.63, 3.8) is 0 Å². The first-order valence-electron chi connectivity index (χ1n) is 5.87. The first-order valence-corrected chi connectivity index (χ1v) is 6.62. The summed E-state index contributed by atoms with van der Waals surface area (Å²) in [5.41, 5.74) is 0. The van der Waals surface area contributed by atoms with Gasteiger partial charge >= 0.3 is 17.2 Å². The second kappa shape index (κ2) is 4.79. The van der Waals surface area contributed by atoms with Crippen LogP contribution in [-0.4, -0.2) is 29.4 Å². The summed E-state index contributed by atoms with van der Waals surface area (Å²) in [4.78, 5) is 22.9. The van der Waals surface area contributed by atoms with Crippen LogP contribution in [0, 0.1) is 17.8 Å². The molecule has 2 bridgehead atoms. The van der Waals surface area contributed by atoms with Crippen LogP contribution in [-0.2, 0) is 28.4 Å². The van der Waals surface area contributed by atoms with E-state index >= 15 is 0 Å². The molecule has 3 aliphatic rings. The predicted molar refractivity (Wildman–Crippen MR) is 54.2 cm³/mol. The molecule has 2 aliphatic carbocycles. The summed E-state index contributed by atoms with van der Waals surface area (Å²) in [7, 11) is 0. The van der Waals surface area contributed by atoms with Crippen molar-refractivity contribution < 1.29 is 42.5 Å². The molecule has 0 N–H and O–H groups in total. The maximum absolute atomic E-state index is 13.3. The van der Waals surface area contributed by atoms with Gasteiger partial charge in [0.15, 0.2) is 0 Å². The predicted octanol–water partition coefficient (Wildman–Crippen LogP) is -0.0559. The van der Waals surface area contributed by atoms with Gasteiger partial charge < -0.3 is 14.7 Å². The molecular formula is C10H9F2O7S-. The van der Waals surface area contributed by atoms with Crippen molar-refractivity contribution in [1.82, 2.24) is 0 Å². The van der Waals surface area contributed by atoms with E-state index in [1.54, 1.807) is 0 Å². The molecule has 3 fully saturated rings. The number of alkyl halides is 2. The number of rotatable bonds is 5. The Balaban J connectivity index is 1.64. The minimum Gasteiger partial charge on any atom is -0.691 e. The number of hydrogen-bond acceptors (Lipinski definition) is 8. The van der Waals surface area contributed by atoms with Crippen LogP contribution < -0.4 is 5.26 Å². The highest BCUT2D eigenvalue weighted by Gasteiger charge is 2.64. The molecule has 0 aromatic carbocycles. The second-order valence-corrected chi connectivity index (χ2v) is 5.82. The normalized spacial score (nSPS) is 38.1. The number of hydrogen-bond donors (Lipinski definition) is 0. The fourth-order valence-corrected chi connectivity index (χ4v) is 3.58. The van der Waals surface area contributed by atoms with E-state index in [9.17, 15) is 23.6 Å². The van der Waals surface area contributed by atoms with E-state index in [1.165, 1.54) is 0 Å². The number of ether oxygens (including phenoxy) is 2. The standard InChI is InChI=1S/C10H10F2O7S/c11-10(12,20-19-18-15)9(14)17-6-3-1-4-5(2-3)8(13)16-7(4)6/h3-7,15H,1-2H2/p-1. The minimum absolute atomic E-state index is 0.0622. The van der Waals surface area contributed by atoms with E-state index in [0.29, 0.717) is 12.8 Å². The molecule has 112 valence electrons. The summed E-state index contributed by atoms with van der Waals surface area (Å²) in [5.74, 6) is -2.62. The molecule has 2 saturated carbocycles. The minimum atomic E-state index is -4.08. The fraction of sp³-hybridized carbons (Fsp3) is 0.800. The zero-order valence-electron chi connectivity index (χ0n) is 9.82. The second-order valence-electron chi connectivity index (χ2n) is 5.01. The van der Waals surface area contributed by atoms with Gasteiger partial charge in [-0.1, -0.05) is 0 Å². The van der Waals surface area contributed by atoms with Gasteiger partial charge in [0.25, 0.3) is 0 Å². The third-order valence-electron chi connectivity index (χ3n) is 4.06. The molecule has 0 spiro atoms. The number of carbonyl (C=O) groups excluding carboxylic acids is 2. The maximum Gasteiger partial charge on any atom is 0.415 e. The summed E-state index contributed by atoms with van der Waals surface area (Å²) >= 11 is -0.740. The van der Waals surface area contributed by atoms with E-state index in [-0.39, 0.29) is 23.7 Å². The van der Waals surface area contributed by atoms with Crippen molar-refractivity contribution in [1.29, 1.82) is 0 Å². The van der Waals surface area contributed by atoms with Crippen LogP contribution in [0.25, 0.3) is 0 Å². The van der Waals surface area contributed by atoms with Crippen molar-refractivity contribution >= 4 is 24.0 Å². The van der Waals surface area contributed by atoms with E-state index < -0.39 is 35.5 Å². The van der Waals surface area contributed by atoms with E-state index in [1.807, 2.05) is 0 Å². The third kappa shape index (κ3) is 2.07. The molecule has 20 heavy (non-hydrogen) atoms. The summed E-state index contributed by atoms with van der Waals surface area (Å²) in [6.07, 6.45) is -0.406. The number of fused-ring (bicyclic) bond motifs is 1. The molecule has 0 aromatic rings. The van der Waals surface area contributed by atoms with Crippen molar-refractivity contribution in [3.05, 3.63) is 0 Å². The van der Waals surface area contributed by atoms with Gasteiger partial charge in [-0.25, -0.2) is 4.79 Å². The van der Waals surface area contributed by atoms with Crippen LogP contribution in [0.5, 0.6) is 0 Å². The van der Waals surface area contributed by atoms with Gasteiger partial charge in [-0.2, -0.15) is 13.1 Å². The number of esters is 2. The quantitative estimate of drug-likeness (QED) is 0.302. The molecule has 1 saturated heterocycles. The lowest BCUT2D eigenvalue weighted by Gasteiger charge is -2.26. The zero-order chi connectivity index (χ0) is 14.5. The Morgan fingerprint density at radius 2 is 2.20 bits per heavy atom. The highest BCUT2D eigenvalue weighted by molar-refractivity contribution is 7.96. The summed E-state index contributed by atoms with van der Waals surface area (Å²) in [6.45, 7) is 0. The highest BCUT2D eigenvalue weighted by atomic mass is 32.2. The number of carbonyl (C=O) groups is 2. The molecule has 0 radical (unpaired) electrons. The summed E-state index contributed by atoms with van der Waals surface area (Å²) in [6, 6.07) is 0. The van der Waals surface area contributed by atoms with Gasteiger partial charge in [-0.15, -0.1) is 0 Å². The van der Waals surface area contributed by atoms with Crippen LogP contribution in [0.1, 0.15) is 12.8 Å². The Morgan fingerprint density at radius 1 is 1.45 bits per heavy atom. The van der Waals surface area contributed by atoms with Crippen LogP contribution in [0.15, 0.2) is 0 Å². The molecule has 1 aliphatic heterocycles. The molecule has 1 heterocycles. The smallest absolute Gasteiger partial charge is 0.415 e. The van der Waals surface area contributed by atoms with Gasteiger partial charge in [-0.3, -0.25) is 9.83 Å². The van der Waals surface area contributed by atoms with Crippen molar-refractivity contribution in [3.8, 4) is 0 Å². The van der Waals surface area contributed by atoms with Crippen LogP contribution >= 0.6 is 12.0 Å². The topological polar surface area (TPSA) is 94.1 Å². The van der Waals surface area contributed by atoms with E-state index in [0.717, 1.165) is 0 Å². The Hall–Kier alpha value is -0.970. The van der Waals surface area contributed by atoms with Gasteiger partial charge in [0, 0.05) is 11.8 Å². The van der Waals surface area contributed by atoms with Gasteiger partial charge in [0.1, 0.15) is 24.3 Å². The average molecular weight is 311 g/mol. The fourth-order valence-electron chi connectivity index (χ4n) is 3.35. The average Bonchev–Trinajstić information content (AvgIpc) is 3.00. The summed E-state index contributed by atoms with van der Waals surface area (Å²) < 4.78 is 39.8. The van der Waals surface area contributed by atoms with Crippen LogP contribution in [0.3, 0.4) is 0 Å². The maximum atomic E-state index is 13.3. The lowest BCUT2D eigenvalue weighted by molar-refractivity contribution is -0.777. The largest absolute Gasteiger partial charge is 0.691 e. The zero-order valence-corrected chi connectivity index (χ0v) is 10.6. The van der Waals surface area contributed by atoms with E-state index in [4.69, 9.17) is 9.47 Å². The summed E-state index contributed by atoms with van der Waals surface area (Å²) in [5, 5.41) is 8.19. The molecule has 5 atom stereocenters. The molecule has 3 rings (SSSR count). The van der Waals surface area contributed by atoms with Gasteiger partial charge in [0.2, 0.25) is 0 Å². The Labute approximate surface area is 115 Å². The van der Waals surface area contributed by atoms with Crippen molar-refractivity contribution in [2.45, 2.75) is 30.3 Å². The van der Waals surface area contributed by atoms with Crippen LogP contribution in [0.4, 0.5) is 8.78 Å². The highest BCUT2D eigenvalue weighted by Crippen LogP contribution is 2.55.